The summed E-state index contributed by atoms with van der Waals surface area (Å²) in [6.07, 6.45) is 0.679. The fraction of sp³-hybridized carbons (Fsp3) is 0.214. The zero-order chi connectivity index (χ0) is 16.0. The Bertz CT molecular complexity index is 865. The van der Waals surface area contributed by atoms with Crippen molar-refractivity contribution >= 4 is 57.4 Å². The Hall–Kier alpha value is -1.07. The molecule has 4 nitrogen and oxygen atoms in total. The molecule has 8 heteroatoms. The summed E-state index contributed by atoms with van der Waals surface area (Å²) in [6, 6.07) is 3.22. The van der Waals surface area contributed by atoms with Crippen LogP contribution in [0.15, 0.2) is 12.1 Å². The van der Waals surface area contributed by atoms with E-state index in [0.717, 1.165) is 5.69 Å². The topological polar surface area (TPSA) is 43.6 Å². The molecule has 1 aromatic carbocycles. The van der Waals surface area contributed by atoms with Gasteiger partial charge in [-0.05, 0) is 25.5 Å². The highest BCUT2D eigenvalue weighted by Gasteiger charge is 2.20. The van der Waals surface area contributed by atoms with Gasteiger partial charge in [-0.1, -0.05) is 53.3 Å². The Morgan fingerprint density at radius 3 is 2.27 bits per heavy atom. The molecule has 0 atom stereocenters. The van der Waals surface area contributed by atoms with E-state index in [2.05, 4.69) is 15.1 Å². The average Bonchev–Trinajstić information content (AvgIpc) is 2.76. The zero-order valence-corrected chi connectivity index (χ0v) is 14.7. The number of hydrogen-bond donors (Lipinski definition) is 0. The van der Waals surface area contributed by atoms with Crippen LogP contribution >= 0.6 is 46.4 Å². The number of nitrogens with zero attached hydrogens (tertiary/aromatic N) is 4. The van der Waals surface area contributed by atoms with Crippen molar-refractivity contribution in [2.45, 2.75) is 20.3 Å². The number of hydrogen-bond acceptors (Lipinski definition) is 3. The minimum Gasteiger partial charge on any atom is -0.221 e. The summed E-state index contributed by atoms with van der Waals surface area (Å²) in [5, 5.41) is 6.85. The van der Waals surface area contributed by atoms with E-state index in [9.17, 15) is 0 Å². The van der Waals surface area contributed by atoms with Gasteiger partial charge in [0.25, 0.3) is 0 Å². The van der Waals surface area contributed by atoms with Crippen LogP contribution < -0.4 is 0 Å². The first-order valence-electron chi connectivity index (χ1n) is 6.49. The van der Waals surface area contributed by atoms with Gasteiger partial charge in [-0.2, -0.15) is 5.10 Å². The van der Waals surface area contributed by atoms with Crippen LogP contribution in [0, 0.1) is 6.92 Å². The third-order valence-electron chi connectivity index (χ3n) is 3.20. The third-order valence-corrected chi connectivity index (χ3v) is 4.26. The Kier molecular flexibility index (Phi) is 4.21. The maximum atomic E-state index is 6.30. The molecule has 0 radical (unpaired) electrons. The highest BCUT2D eigenvalue weighted by molar-refractivity contribution is 6.40. The Morgan fingerprint density at radius 1 is 1.05 bits per heavy atom. The average molecular weight is 376 g/mol. The Labute approximate surface area is 147 Å². The van der Waals surface area contributed by atoms with Gasteiger partial charge in [0, 0.05) is 5.02 Å². The predicted octanol–water partition coefficient (Wildman–Crippen LogP) is 5.30. The van der Waals surface area contributed by atoms with Gasteiger partial charge in [-0.15, -0.1) is 0 Å². The first-order valence-corrected chi connectivity index (χ1v) is 8.00. The standard InChI is InChI=1S/C14H10Cl4N4/c1-3-10-11-13(18)19-6(2)20-14(11)22(21-10)12-8(16)4-7(15)5-9(12)17/h4-5H,3H2,1-2H3. The fourth-order valence-electron chi connectivity index (χ4n) is 2.28. The second-order valence-corrected chi connectivity index (χ2v) is 6.30. The van der Waals surface area contributed by atoms with Gasteiger partial charge in [-0.3, -0.25) is 0 Å². The summed E-state index contributed by atoms with van der Waals surface area (Å²) in [6.45, 7) is 3.74. The number of halogens is 4. The lowest BCUT2D eigenvalue weighted by molar-refractivity contribution is 0.852. The normalized spacial score (nSPS) is 11.4. The largest absolute Gasteiger partial charge is 0.221 e. The molecule has 0 saturated carbocycles. The highest BCUT2D eigenvalue weighted by Crippen LogP contribution is 2.35. The highest BCUT2D eigenvalue weighted by atomic mass is 35.5. The SMILES string of the molecule is CCc1nn(-c2c(Cl)cc(Cl)cc2Cl)c2nc(C)nc(Cl)c12. The molecule has 22 heavy (non-hydrogen) atoms. The van der Waals surface area contributed by atoms with Crippen molar-refractivity contribution in [1.82, 2.24) is 19.7 Å². The summed E-state index contributed by atoms with van der Waals surface area (Å²) in [4.78, 5) is 8.63. The molecular weight excluding hydrogens is 366 g/mol. The molecule has 0 aliphatic rings. The summed E-state index contributed by atoms with van der Waals surface area (Å²) >= 11 is 24.8. The molecule has 0 fully saturated rings. The molecule has 3 aromatic rings. The van der Waals surface area contributed by atoms with Crippen molar-refractivity contribution in [2.24, 2.45) is 0 Å². The van der Waals surface area contributed by atoms with Gasteiger partial charge >= 0.3 is 0 Å². The Morgan fingerprint density at radius 2 is 1.68 bits per heavy atom. The van der Waals surface area contributed by atoms with Crippen LogP contribution in [0.4, 0.5) is 0 Å². The molecule has 2 heterocycles. The van der Waals surface area contributed by atoms with Crippen LogP contribution in [0.2, 0.25) is 20.2 Å². The van der Waals surface area contributed by atoms with E-state index in [-0.39, 0.29) is 0 Å². The second-order valence-electron chi connectivity index (χ2n) is 4.69. The van der Waals surface area contributed by atoms with E-state index in [0.29, 0.717) is 49.2 Å². The van der Waals surface area contributed by atoms with Crippen molar-refractivity contribution in [3.05, 3.63) is 43.9 Å². The molecule has 0 unspecified atom stereocenters. The minimum absolute atomic E-state index is 0.367. The van der Waals surface area contributed by atoms with Crippen molar-refractivity contribution in [2.75, 3.05) is 0 Å². The number of aromatic nitrogens is 4. The van der Waals surface area contributed by atoms with Gasteiger partial charge < -0.3 is 0 Å². The van der Waals surface area contributed by atoms with Crippen LogP contribution in [0.1, 0.15) is 18.4 Å². The van der Waals surface area contributed by atoms with E-state index in [4.69, 9.17) is 46.4 Å². The van der Waals surface area contributed by atoms with Gasteiger partial charge in [0.2, 0.25) is 0 Å². The van der Waals surface area contributed by atoms with Crippen LogP contribution in [-0.4, -0.2) is 19.7 Å². The lowest BCUT2D eigenvalue weighted by Gasteiger charge is -2.09. The zero-order valence-electron chi connectivity index (χ0n) is 11.7. The Balaban J connectivity index is 2.42. The maximum Gasteiger partial charge on any atom is 0.168 e. The first-order chi connectivity index (χ1) is 10.4. The van der Waals surface area contributed by atoms with Crippen LogP contribution in [0.3, 0.4) is 0 Å². The van der Waals surface area contributed by atoms with Crippen molar-refractivity contribution in [1.29, 1.82) is 0 Å². The fourth-order valence-corrected chi connectivity index (χ4v) is 3.58. The van der Waals surface area contributed by atoms with Gasteiger partial charge in [0.1, 0.15) is 16.7 Å². The molecule has 0 N–H and O–H groups in total. The van der Waals surface area contributed by atoms with Gasteiger partial charge in [0.15, 0.2) is 5.65 Å². The molecule has 0 aliphatic carbocycles. The molecule has 0 amide bonds. The molecule has 0 bridgehead atoms. The quantitative estimate of drug-likeness (QED) is 0.570. The predicted molar refractivity (Wildman–Crippen MR) is 90.8 cm³/mol. The monoisotopic (exact) mass is 374 g/mol. The van der Waals surface area contributed by atoms with Crippen molar-refractivity contribution < 1.29 is 0 Å². The van der Waals surface area contributed by atoms with E-state index < -0.39 is 0 Å². The van der Waals surface area contributed by atoms with Gasteiger partial charge in [0.05, 0.1) is 21.1 Å². The molecule has 0 saturated heterocycles. The number of fused-ring (bicyclic) bond motifs is 1. The van der Waals surface area contributed by atoms with E-state index in [1.165, 1.54) is 0 Å². The molecule has 114 valence electrons. The number of aryl methyl sites for hydroxylation is 2. The molecule has 0 spiro atoms. The second kappa shape index (κ2) is 5.85. The van der Waals surface area contributed by atoms with Crippen LogP contribution in [-0.2, 0) is 6.42 Å². The van der Waals surface area contributed by atoms with Crippen LogP contribution in [0.5, 0.6) is 0 Å². The molecule has 2 aromatic heterocycles. The first kappa shape index (κ1) is 15.8. The lowest BCUT2D eigenvalue weighted by atomic mass is 10.2. The summed E-state index contributed by atoms with van der Waals surface area (Å²) < 4.78 is 1.59. The third kappa shape index (κ3) is 2.54. The van der Waals surface area contributed by atoms with E-state index >= 15 is 0 Å². The smallest absolute Gasteiger partial charge is 0.168 e. The van der Waals surface area contributed by atoms with Crippen molar-refractivity contribution in [3.8, 4) is 5.69 Å². The summed E-state index contributed by atoms with van der Waals surface area (Å²) in [5.74, 6) is 0.544. The van der Waals surface area contributed by atoms with Gasteiger partial charge in [-0.25, -0.2) is 14.6 Å². The minimum atomic E-state index is 0.367. The lowest BCUT2D eigenvalue weighted by Crippen LogP contribution is -2.01. The van der Waals surface area contributed by atoms with Crippen LogP contribution in [0.25, 0.3) is 16.7 Å². The van der Waals surface area contributed by atoms with Crippen molar-refractivity contribution in [3.63, 3.8) is 0 Å². The van der Waals surface area contributed by atoms with E-state index in [1.54, 1.807) is 23.7 Å². The summed E-state index contributed by atoms with van der Waals surface area (Å²) in [5.41, 5.74) is 1.87. The molecule has 0 aliphatic heterocycles. The van der Waals surface area contributed by atoms with E-state index in [1.807, 2.05) is 6.92 Å². The number of rotatable bonds is 2. The maximum absolute atomic E-state index is 6.30. The molecule has 3 rings (SSSR count). The molecular formula is C14H10Cl4N4. The number of benzene rings is 1. The summed E-state index contributed by atoms with van der Waals surface area (Å²) in [7, 11) is 0.